The van der Waals surface area contributed by atoms with Crippen molar-refractivity contribution in [3.63, 3.8) is 0 Å². The Morgan fingerprint density at radius 2 is 0.698 bits per heavy atom. The van der Waals surface area contributed by atoms with E-state index in [1.807, 2.05) is 18.2 Å². The molecule has 4 heteroatoms. The molecule has 0 fully saturated rings. The van der Waals surface area contributed by atoms with Gasteiger partial charge in [-0.3, -0.25) is 0 Å². The fourth-order valence-corrected chi connectivity index (χ4v) is 9.12. The van der Waals surface area contributed by atoms with E-state index in [0.29, 0.717) is 17.5 Å². The monoisotopic (exact) mass is 803 g/mol. The van der Waals surface area contributed by atoms with Gasteiger partial charge in [-0.25, -0.2) is 15.0 Å². The summed E-state index contributed by atoms with van der Waals surface area (Å²) in [5.74, 6) is 1.79. The summed E-state index contributed by atoms with van der Waals surface area (Å²) >= 11 is 0. The first-order chi connectivity index (χ1) is 31.2. The minimum atomic E-state index is 0.580. The van der Waals surface area contributed by atoms with Crippen LogP contribution in [0.4, 0.5) is 0 Å². The number of para-hydroxylation sites is 1. The highest BCUT2D eigenvalue weighted by molar-refractivity contribution is 6.15. The van der Waals surface area contributed by atoms with E-state index in [4.69, 9.17) is 19.4 Å². The van der Waals surface area contributed by atoms with Gasteiger partial charge >= 0.3 is 0 Å². The van der Waals surface area contributed by atoms with Crippen LogP contribution < -0.4 is 0 Å². The molecule has 0 bridgehead atoms. The van der Waals surface area contributed by atoms with Crippen molar-refractivity contribution < 1.29 is 4.42 Å². The first-order valence-corrected chi connectivity index (χ1v) is 21.3. The minimum absolute atomic E-state index is 0.580. The molecule has 0 radical (unpaired) electrons. The molecule has 63 heavy (non-hydrogen) atoms. The maximum Gasteiger partial charge on any atom is 0.164 e. The van der Waals surface area contributed by atoms with Crippen LogP contribution in [0, 0.1) is 0 Å². The third-order valence-electron chi connectivity index (χ3n) is 12.2. The van der Waals surface area contributed by atoms with Crippen LogP contribution >= 0.6 is 0 Å². The average molecular weight is 804 g/mol. The number of aromatic nitrogens is 3. The lowest BCUT2D eigenvalue weighted by atomic mass is 9.94. The number of hydrogen-bond acceptors (Lipinski definition) is 4. The highest BCUT2D eigenvalue weighted by Crippen LogP contribution is 2.42. The molecule has 10 aromatic carbocycles. The summed E-state index contributed by atoms with van der Waals surface area (Å²) in [5.41, 5.74) is 13.4. The maximum atomic E-state index is 6.80. The third kappa shape index (κ3) is 6.44. The van der Waals surface area contributed by atoms with Crippen molar-refractivity contribution in [2.75, 3.05) is 0 Å². The molecule has 12 rings (SSSR count). The summed E-state index contributed by atoms with van der Waals surface area (Å²) in [6.07, 6.45) is 0. The van der Waals surface area contributed by atoms with Gasteiger partial charge in [-0.15, -0.1) is 0 Å². The topological polar surface area (TPSA) is 51.8 Å². The van der Waals surface area contributed by atoms with Crippen molar-refractivity contribution in [3.8, 4) is 78.7 Å². The number of nitrogens with zero attached hydrogens (tertiary/aromatic N) is 3. The van der Waals surface area contributed by atoms with Gasteiger partial charge in [-0.2, -0.15) is 0 Å². The molecule has 2 heterocycles. The van der Waals surface area contributed by atoms with Gasteiger partial charge < -0.3 is 4.42 Å². The first kappa shape index (κ1) is 36.4. The molecule has 0 aliphatic rings. The molecular formula is C59H37N3O. The zero-order chi connectivity index (χ0) is 41.7. The van der Waals surface area contributed by atoms with Crippen LogP contribution in [-0.2, 0) is 0 Å². The van der Waals surface area contributed by atoms with Crippen LogP contribution in [0.2, 0.25) is 0 Å². The van der Waals surface area contributed by atoms with Crippen molar-refractivity contribution in [1.82, 2.24) is 15.0 Å². The fraction of sp³-hybridized carbons (Fsp3) is 0. The van der Waals surface area contributed by atoms with Crippen molar-refractivity contribution in [3.05, 3.63) is 224 Å². The second kappa shape index (κ2) is 15.2. The van der Waals surface area contributed by atoms with Crippen LogP contribution in [0.15, 0.2) is 229 Å². The normalized spacial score (nSPS) is 11.5. The summed E-state index contributed by atoms with van der Waals surface area (Å²) in [6, 6.07) is 78.7. The minimum Gasteiger partial charge on any atom is -0.455 e. The summed E-state index contributed by atoms with van der Waals surface area (Å²) in [4.78, 5) is 15.8. The Kier molecular flexibility index (Phi) is 8.79. The van der Waals surface area contributed by atoms with Gasteiger partial charge in [-0.1, -0.05) is 212 Å². The van der Waals surface area contributed by atoms with E-state index in [1.54, 1.807) is 0 Å². The fourth-order valence-electron chi connectivity index (χ4n) is 9.12. The average Bonchev–Trinajstić information content (AvgIpc) is 3.76. The Morgan fingerprint density at radius 3 is 1.46 bits per heavy atom. The van der Waals surface area contributed by atoms with E-state index in [1.165, 1.54) is 21.9 Å². The third-order valence-corrected chi connectivity index (χ3v) is 12.2. The van der Waals surface area contributed by atoms with Crippen molar-refractivity contribution >= 4 is 43.5 Å². The molecule has 4 nitrogen and oxygen atoms in total. The van der Waals surface area contributed by atoms with Gasteiger partial charge in [0.05, 0.1) is 0 Å². The van der Waals surface area contributed by atoms with E-state index >= 15 is 0 Å². The second-order valence-corrected chi connectivity index (χ2v) is 15.9. The number of fused-ring (bicyclic) bond motifs is 5. The summed E-state index contributed by atoms with van der Waals surface area (Å²) in [5, 5.41) is 6.65. The SMILES string of the molecule is c1ccc(-c2ccc(-c3nc(-c4ccc(-c5ccccc5)c5ccccc45)nc(-c4cccc5oc6c(-c7ccc(-c8cccc9ccccc89)cc7)cccc6c45)n3)cc2)cc1. The van der Waals surface area contributed by atoms with Gasteiger partial charge in [0.25, 0.3) is 0 Å². The van der Waals surface area contributed by atoms with Gasteiger partial charge in [0.2, 0.25) is 0 Å². The van der Waals surface area contributed by atoms with Crippen LogP contribution in [0.5, 0.6) is 0 Å². The molecule has 0 saturated heterocycles. The largest absolute Gasteiger partial charge is 0.455 e. The molecule has 0 spiro atoms. The first-order valence-electron chi connectivity index (χ1n) is 21.3. The molecule has 0 saturated carbocycles. The van der Waals surface area contributed by atoms with Crippen LogP contribution in [0.3, 0.4) is 0 Å². The van der Waals surface area contributed by atoms with E-state index in [9.17, 15) is 0 Å². The Balaban J connectivity index is 1.02. The van der Waals surface area contributed by atoms with Gasteiger partial charge in [0, 0.05) is 33.0 Å². The van der Waals surface area contributed by atoms with Crippen molar-refractivity contribution in [2.24, 2.45) is 0 Å². The molecule has 2 aromatic heterocycles. The standard InChI is InChI=1S/C59H37N3O/c1-3-14-38(15-4-1)39-28-34-44(35-29-39)57-60-58(51-37-36-47(40-16-5-2-6-17-40)49-21-9-10-22-50(49)51)62-59(61-57)53-26-13-27-54-55(53)52-25-12-24-48(56(52)63-54)43-32-30-42(31-33-43)46-23-11-19-41-18-7-8-20-45(41)46/h1-37H. The molecule has 0 aliphatic heterocycles. The second-order valence-electron chi connectivity index (χ2n) is 15.9. The number of rotatable bonds is 7. The van der Waals surface area contributed by atoms with Gasteiger partial charge in [-0.05, 0) is 72.6 Å². The van der Waals surface area contributed by atoms with E-state index < -0.39 is 0 Å². The quantitative estimate of drug-likeness (QED) is 0.161. The lowest BCUT2D eigenvalue weighted by Gasteiger charge is -2.13. The van der Waals surface area contributed by atoms with Crippen molar-refractivity contribution in [1.29, 1.82) is 0 Å². The zero-order valence-corrected chi connectivity index (χ0v) is 34.1. The summed E-state index contributed by atoms with van der Waals surface area (Å²) in [7, 11) is 0. The summed E-state index contributed by atoms with van der Waals surface area (Å²) in [6.45, 7) is 0. The van der Waals surface area contributed by atoms with Crippen molar-refractivity contribution in [2.45, 2.75) is 0 Å². The molecule has 0 unspecified atom stereocenters. The zero-order valence-electron chi connectivity index (χ0n) is 34.1. The Labute approximate surface area is 364 Å². The number of furan rings is 1. The molecular weight excluding hydrogens is 767 g/mol. The maximum absolute atomic E-state index is 6.80. The summed E-state index contributed by atoms with van der Waals surface area (Å²) < 4.78 is 6.80. The predicted octanol–water partition coefficient (Wildman–Crippen LogP) is 15.7. The number of hydrogen-bond donors (Lipinski definition) is 0. The highest BCUT2D eigenvalue weighted by Gasteiger charge is 2.21. The Hall–Kier alpha value is -8.47. The Morgan fingerprint density at radius 1 is 0.254 bits per heavy atom. The molecule has 0 N–H and O–H groups in total. The van der Waals surface area contributed by atoms with Gasteiger partial charge in [0.15, 0.2) is 17.5 Å². The lowest BCUT2D eigenvalue weighted by molar-refractivity contribution is 0.670. The predicted molar refractivity (Wildman–Crippen MR) is 260 cm³/mol. The van der Waals surface area contributed by atoms with Crippen LogP contribution in [-0.4, -0.2) is 15.0 Å². The molecule has 0 atom stereocenters. The lowest BCUT2D eigenvalue weighted by Crippen LogP contribution is -2.01. The van der Waals surface area contributed by atoms with Gasteiger partial charge in [0.1, 0.15) is 11.2 Å². The van der Waals surface area contributed by atoms with E-state index in [0.717, 1.165) is 82.8 Å². The molecule has 12 aromatic rings. The number of benzene rings is 10. The van der Waals surface area contributed by atoms with E-state index in [2.05, 4.69) is 206 Å². The van der Waals surface area contributed by atoms with Crippen LogP contribution in [0.25, 0.3) is 122 Å². The Bertz CT molecular complexity index is 3650. The van der Waals surface area contributed by atoms with E-state index in [-0.39, 0.29) is 0 Å². The molecule has 0 aliphatic carbocycles. The molecule has 0 amide bonds. The molecule has 294 valence electrons. The van der Waals surface area contributed by atoms with Crippen LogP contribution in [0.1, 0.15) is 0 Å². The highest BCUT2D eigenvalue weighted by atomic mass is 16.3. The smallest absolute Gasteiger partial charge is 0.164 e.